The molecular formula is C72H47N3. The van der Waals surface area contributed by atoms with Crippen LogP contribution < -0.4 is 0 Å². The number of rotatable bonds is 8. The number of hydrogen-bond donors (Lipinski definition) is 0. The molecule has 15 rings (SSSR count). The van der Waals surface area contributed by atoms with E-state index in [-0.39, 0.29) is 0 Å². The van der Waals surface area contributed by atoms with Crippen molar-refractivity contribution in [2.75, 3.05) is 0 Å². The lowest BCUT2D eigenvalue weighted by Gasteiger charge is -2.11. The molecule has 0 saturated heterocycles. The summed E-state index contributed by atoms with van der Waals surface area (Å²) in [7, 11) is 0. The molecule has 0 aliphatic rings. The third-order valence-corrected chi connectivity index (χ3v) is 15.5. The molecule has 15 aromatic rings. The maximum atomic E-state index is 2.44. The van der Waals surface area contributed by atoms with Gasteiger partial charge >= 0.3 is 0 Å². The zero-order valence-electron chi connectivity index (χ0n) is 41.0. The molecule has 350 valence electrons. The minimum Gasteiger partial charge on any atom is -0.309 e. The van der Waals surface area contributed by atoms with Gasteiger partial charge in [-0.2, -0.15) is 0 Å². The first-order valence-corrected chi connectivity index (χ1v) is 25.8. The molecule has 0 radical (unpaired) electrons. The summed E-state index contributed by atoms with van der Waals surface area (Å²) in [6.07, 6.45) is 0. The lowest BCUT2D eigenvalue weighted by molar-refractivity contribution is 1.18. The molecule has 3 heterocycles. The lowest BCUT2D eigenvalue weighted by atomic mass is 9.98. The molecule has 0 unspecified atom stereocenters. The lowest BCUT2D eigenvalue weighted by Crippen LogP contribution is -1.94. The van der Waals surface area contributed by atoms with E-state index in [2.05, 4.69) is 299 Å². The van der Waals surface area contributed by atoms with Crippen LogP contribution in [0.15, 0.2) is 285 Å². The minimum absolute atomic E-state index is 1.13. The number of fused-ring (bicyclic) bond motifs is 9. The highest BCUT2D eigenvalue weighted by molar-refractivity contribution is 6.14. The quantitative estimate of drug-likeness (QED) is 0.144. The van der Waals surface area contributed by atoms with Crippen molar-refractivity contribution in [2.45, 2.75) is 0 Å². The monoisotopic (exact) mass is 953 g/mol. The Balaban J connectivity index is 0.866. The van der Waals surface area contributed by atoms with Gasteiger partial charge in [-0.1, -0.05) is 188 Å². The van der Waals surface area contributed by atoms with Crippen molar-refractivity contribution >= 4 is 65.4 Å². The van der Waals surface area contributed by atoms with Crippen molar-refractivity contribution in [3.8, 4) is 72.7 Å². The van der Waals surface area contributed by atoms with E-state index in [4.69, 9.17) is 0 Å². The second-order valence-corrected chi connectivity index (χ2v) is 19.7. The Bertz CT molecular complexity index is 4380. The normalized spacial score (nSPS) is 11.7. The molecule has 75 heavy (non-hydrogen) atoms. The van der Waals surface area contributed by atoms with Crippen LogP contribution in [0, 0.1) is 0 Å². The molecule has 0 atom stereocenters. The van der Waals surface area contributed by atoms with Crippen LogP contribution in [0.3, 0.4) is 0 Å². The summed E-state index contributed by atoms with van der Waals surface area (Å²) in [4.78, 5) is 0. The third-order valence-electron chi connectivity index (χ3n) is 15.5. The summed E-state index contributed by atoms with van der Waals surface area (Å²) in [5, 5.41) is 7.38. The minimum atomic E-state index is 1.13. The Morgan fingerprint density at radius 2 is 0.360 bits per heavy atom. The smallest absolute Gasteiger partial charge is 0.0541 e. The van der Waals surface area contributed by atoms with Gasteiger partial charge in [0.1, 0.15) is 0 Å². The molecule has 3 aromatic heterocycles. The highest BCUT2D eigenvalue weighted by Gasteiger charge is 2.19. The second-order valence-electron chi connectivity index (χ2n) is 19.7. The Kier molecular flexibility index (Phi) is 9.89. The molecule has 0 aliphatic heterocycles. The van der Waals surface area contributed by atoms with Crippen LogP contribution in [-0.2, 0) is 0 Å². The van der Waals surface area contributed by atoms with Crippen molar-refractivity contribution in [1.82, 2.24) is 13.7 Å². The van der Waals surface area contributed by atoms with Gasteiger partial charge in [0.2, 0.25) is 0 Å². The zero-order chi connectivity index (χ0) is 49.4. The fourth-order valence-electron chi connectivity index (χ4n) is 11.8. The molecule has 0 fully saturated rings. The number of nitrogens with zero attached hydrogens (tertiary/aromatic N) is 3. The summed E-state index contributed by atoms with van der Waals surface area (Å²) < 4.78 is 7.25. The summed E-state index contributed by atoms with van der Waals surface area (Å²) >= 11 is 0. The average molecular weight is 954 g/mol. The van der Waals surface area contributed by atoms with E-state index in [1.807, 2.05) is 0 Å². The van der Waals surface area contributed by atoms with E-state index in [0.717, 1.165) is 17.1 Å². The van der Waals surface area contributed by atoms with Gasteiger partial charge in [0.15, 0.2) is 0 Å². The topological polar surface area (TPSA) is 14.8 Å². The molecule has 3 nitrogen and oxygen atoms in total. The molecule has 0 bridgehead atoms. The zero-order valence-corrected chi connectivity index (χ0v) is 41.0. The van der Waals surface area contributed by atoms with Crippen LogP contribution in [0.4, 0.5) is 0 Å². The standard InChI is InChI=1S/C72H47N3/c1-4-14-48(15-5-1)51-24-34-58(35-25-51)73-67-22-12-10-20-61(67)63-44-54(30-40-69(63)73)56-32-42-71-65(46-56)66-47-57(33-43-72(66)75(71)60-38-28-53(29-39-60)50-18-8-3-9-19-50)55-31-41-70-64(45-55)62-21-11-13-23-68(62)74(70)59-36-26-52(27-37-59)49-16-6-2-7-17-49/h1-47H. The van der Waals surface area contributed by atoms with Crippen molar-refractivity contribution in [1.29, 1.82) is 0 Å². The van der Waals surface area contributed by atoms with Gasteiger partial charge in [-0.25, -0.2) is 0 Å². The van der Waals surface area contributed by atoms with Crippen LogP contribution >= 0.6 is 0 Å². The molecule has 0 aliphatic carbocycles. The van der Waals surface area contributed by atoms with Gasteiger partial charge in [-0.15, -0.1) is 0 Å². The summed E-state index contributed by atoms with van der Waals surface area (Å²) in [6, 6.07) is 104. The molecule has 0 amide bonds. The van der Waals surface area contributed by atoms with Gasteiger partial charge in [-0.3, -0.25) is 0 Å². The summed E-state index contributed by atoms with van der Waals surface area (Å²) in [5.74, 6) is 0. The molecule has 0 spiro atoms. The predicted molar refractivity (Wildman–Crippen MR) is 317 cm³/mol. The molecular weight excluding hydrogens is 907 g/mol. The summed E-state index contributed by atoms with van der Waals surface area (Å²) in [5.41, 5.74) is 22.6. The van der Waals surface area contributed by atoms with Gasteiger partial charge in [0.05, 0.1) is 33.1 Å². The van der Waals surface area contributed by atoms with Gasteiger partial charge in [0.25, 0.3) is 0 Å². The van der Waals surface area contributed by atoms with Gasteiger partial charge in [-0.05, 0) is 153 Å². The van der Waals surface area contributed by atoms with Crippen LogP contribution in [0.5, 0.6) is 0 Å². The van der Waals surface area contributed by atoms with E-state index in [0.29, 0.717) is 0 Å². The van der Waals surface area contributed by atoms with Crippen molar-refractivity contribution < 1.29 is 0 Å². The van der Waals surface area contributed by atoms with Crippen molar-refractivity contribution in [3.63, 3.8) is 0 Å². The van der Waals surface area contributed by atoms with Crippen molar-refractivity contribution in [2.24, 2.45) is 0 Å². The molecule has 3 heteroatoms. The van der Waals surface area contributed by atoms with Crippen LogP contribution in [-0.4, -0.2) is 13.7 Å². The fourth-order valence-corrected chi connectivity index (χ4v) is 11.8. The predicted octanol–water partition coefficient (Wildman–Crippen LogP) is 19.3. The van der Waals surface area contributed by atoms with Crippen LogP contribution in [0.25, 0.3) is 138 Å². The van der Waals surface area contributed by atoms with Gasteiger partial charge < -0.3 is 13.7 Å². The van der Waals surface area contributed by atoms with Gasteiger partial charge in [0, 0.05) is 49.4 Å². The number of benzene rings is 12. The maximum Gasteiger partial charge on any atom is 0.0541 e. The van der Waals surface area contributed by atoms with Crippen molar-refractivity contribution in [3.05, 3.63) is 285 Å². The molecule has 12 aromatic carbocycles. The number of aromatic nitrogens is 3. The molecule has 0 saturated carbocycles. The Morgan fingerprint density at radius 3 is 0.653 bits per heavy atom. The largest absolute Gasteiger partial charge is 0.309 e. The van der Waals surface area contributed by atoms with E-state index in [1.54, 1.807) is 0 Å². The van der Waals surface area contributed by atoms with E-state index >= 15 is 0 Å². The van der Waals surface area contributed by atoms with E-state index in [9.17, 15) is 0 Å². The number of hydrogen-bond acceptors (Lipinski definition) is 0. The van der Waals surface area contributed by atoms with Crippen LogP contribution in [0.2, 0.25) is 0 Å². The third kappa shape index (κ3) is 7.12. The Morgan fingerprint density at radius 1 is 0.147 bits per heavy atom. The van der Waals surface area contributed by atoms with E-state index < -0.39 is 0 Å². The van der Waals surface area contributed by atoms with Crippen LogP contribution in [0.1, 0.15) is 0 Å². The first-order valence-electron chi connectivity index (χ1n) is 25.8. The average Bonchev–Trinajstić information content (AvgIpc) is 4.17. The highest BCUT2D eigenvalue weighted by atomic mass is 15.0. The first-order chi connectivity index (χ1) is 37.2. The summed E-state index contributed by atoms with van der Waals surface area (Å²) in [6.45, 7) is 0. The highest BCUT2D eigenvalue weighted by Crippen LogP contribution is 2.42. The SMILES string of the molecule is c1ccc(-c2ccc(-n3c4ccccc4c4cc(-c5ccc6c(c5)c5cc(-c7ccc8c(c7)c7ccccc7n8-c7ccc(-c8ccccc8)cc7)ccc5n6-c5ccc(-c6ccccc6)cc5)ccc43)cc2)cc1. The Hall–Kier alpha value is -9.96. The molecule has 0 N–H and O–H groups in total. The first kappa shape index (κ1) is 42.7. The number of para-hydroxylation sites is 2. The second kappa shape index (κ2) is 17.4. The maximum absolute atomic E-state index is 2.44. The Labute approximate surface area is 434 Å². The van der Waals surface area contributed by atoms with E-state index in [1.165, 1.54) is 121 Å². The fraction of sp³-hybridized carbons (Fsp3) is 0.